The van der Waals surface area contributed by atoms with Crippen molar-refractivity contribution in [2.75, 3.05) is 7.11 Å². The molecular formula is C16H17NO6S2. The summed E-state index contributed by atoms with van der Waals surface area (Å²) in [4.78, 5) is 22.9. The SMILES string of the molecule is COC(=O)c1scc(C)c1S(=O)(=O)N[C@H](Cc1ccccc1)C(=O)O. The van der Waals surface area contributed by atoms with Crippen molar-refractivity contribution in [3.63, 3.8) is 0 Å². The molecule has 1 aromatic carbocycles. The number of benzene rings is 1. The summed E-state index contributed by atoms with van der Waals surface area (Å²) in [5, 5.41) is 10.9. The van der Waals surface area contributed by atoms with Gasteiger partial charge in [-0.3, -0.25) is 4.79 Å². The van der Waals surface area contributed by atoms with Gasteiger partial charge in [-0.25, -0.2) is 13.2 Å². The van der Waals surface area contributed by atoms with Crippen LogP contribution in [0.1, 0.15) is 20.8 Å². The Morgan fingerprint density at radius 1 is 1.28 bits per heavy atom. The number of carbonyl (C=O) groups is 2. The van der Waals surface area contributed by atoms with Crippen molar-refractivity contribution >= 4 is 33.3 Å². The minimum absolute atomic E-state index is 0.0217. The van der Waals surface area contributed by atoms with Crippen LogP contribution in [0, 0.1) is 6.92 Å². The molecule has 2 N–H and O–H groups in total. The molecule has 2 rings (SSSR count). The predicted octanol–water partition coefficient (Wildman–Crippen LogP) is 1.82. The molecule has 0 bridgehead atoms. The summed E-state index contributed by atoms with van der Waals surface area (Å²) in [6.45, 7) is 1.53. The molecule has 0 amide bonds. The molecule has 134 valence electrons. The first-order valence-corrected chi connectivity index (χ1v) is 9.58. The summed E-state index contributed by atoms with van der Waals surface area (Å²) in [7, 11) is -3.07. The fourth-order valence-corrected chi connectivity index (χ4v) is 5.17. The van der Waals surface area contributed by atoms with Gasteiger partial charge in [0, 0.05) is 0 Å². The van der Waals surface area contributed by atoms with Crippen molar-refractivity contribution < 1.29 is 27.9 Å². The summed E-state index contributed by atoms with van der Waals surface area (Å²) < 4.78 is 32.1. The van der Waals surface area contributed by atoms with Crippen LogP contribution >= 0.6 is 11.3 Å². The normalized spacial score (nSPS) is 12.6. The van der Waals surface area contributed by atoms with E-state index >= 15 is 0 Å². The first-order chi connectivity index (χ1) is 11.8. The third-order valence-electron chi connectivity index (χ3n) is 3.44. The Balaban J connectivity index is 2.34. The van der Waals surface area contributed by atoms with Crippen LogP contribution in [0.2, 0.25) is 0 Å². The number of hydrogen-bond donors (Lipinski definition) is 2. The van der Waals surface area contributed by atoms with E-state index in [0.717, 1.165) is 18.4 Å². The van der Waals surface area contributed by atoms with Gasteiger partial charge >= 0.3 is 11.9 Å². The maximum Gasteiger partial charge on any atom is 0.349 e. The quantitative estimate of drug-likeness (QED) is 0.706. The Labute approximate surface area is 149 Å². The van der Waals surface area contributed by atoms with Gasteiger partial charge < -0.3 is 9.84 Å². The first-order valence-electron chi connectivity index (χ1n) is 7.21. The van der Waals surface area contributed by atoms with Crippen molar-refractivity contribution in [1.29, 1.82) is 0 Å². The molecule has 1 heterocycles. The van der Waals surface area contributed by atoms with E-state index in [2.05, 4.69) is 9.46 Å². The van der Waals surface area contributed by atoms with Crippen molar-refractivity contribution in [3.8, 4) is 0 Å². The second kappa shape index (κ2) is 7.77. The Morgan fingerprint density at radius 2 is 1.92 bits per heavy atom. The molecule has 25 heavy (non-hydrogen) atoms. The topological polar surface area (TPSA) is 110 Å². The standard InChI is InChI=1S/C16H17NO6S2/c1-10-9-24-13(16(20)23-2)14(10)25(21,22)17-12(15(18)19)8-11-6-4-3-5-7-11/h3-7,9,12,17H,8H2,1-2H3,(H,18,19)/t12-/m1/s1. The Kier molecular flexibility index (Phi) is 5.93. The van der Waals surface area contributed by atoms with E-state index in [1.165, 1.54) is 12.3 Å². The number of esters is 1. The summed E-state index contributed by atoms with van der Waals surface area (Å²) in [5.41, 5.74) is 1.02. The van der Waals surface area contributed by atoms with E-state index in [4.69, 9.17) is 0 Å². The zero-order valence-corrected chi connectivity index (χ0v) is 15.2. The number of thiophene rings is 1. The fourth-order valence-electron chi connectivity index (χ4n) is 2.28. The molecule has 0 aliphatic rings. The number of methoxy groups -OCH3 is 1. The van der Waals surface area contributed by atoms with Crippen LogP contribution in [0.25, 0.3) is 0 Å². The van der Waals surface area contributed by atoms with Crippen molar-refractivity contribution in [3.05, 3.63) is 51.7 Å². The number of sulfonamides is 1. The van der Waals surface area contributed by atoms with E-state index in [0.29, 0.717) is 11.1 Å². The molecule has 1 atom stereocenters. The highest BCUT2D eigenvalue weighted by Gasteiger charge is 2.31. The molecule has 0 unspecified atom stereocenters. The predicted molar refractivity (Wildman–Crippen MR) is 92.3 cm³/mol. The third-order valence-corrected chi connectivity index (χ3v) is 6.30. The highest BCUT2D eigenvalue weighted by molar-refractivity contribution is 7.89. The first kappa shape index (κ1) is 19.1. The van der Waals surface area contributed by atoms with Crippen LogP contribution in [0.3, 0.4) is 0 Å². The lowest BCUT2D eigenvalue weighted by molar-refractivity contribution is -0.138. The lowest BCUT2D eigenvalue weighted by Crippen LogP contribution is -2.42. The number of rotatable bonds is 7. The molecule has 0 saturated heterocycles. The monoisotopic (exact) mass is 383 g/mol. The summed E-state index contributed by atoms with van der Waals surface area (Å²) in [6.07, 6.45) is -0.0217. The van der Waals surface area contributed by atoms with Gasteiger partial charge in [0.1, 0.15) is 15.8 Å². The molecule has 0 radical (unpaired) electrons. The molecule has 0 spiro atoms. The molecule has 0 aliphatic carbocycles. The third kappa shape index (κ3) is 4.44. The van der Waals surface area contributed by atoms with Gasteiger partial charge in [-0.2, -0.15) is 4.72 Å². The lowest BCUT2D eigenvalue weighted by atomic mass is 10.1. The zero-order chi connectivity index (χ0) is 18.6. The second-order valence-corrected chi connectivity index (χ2v) is 7.80. The molecule has 1 aromatic heterocycles. The second-order valence-electron chi connectivity index (χ2n) is 5.27. The number of aliphatic carboxylic acids is 1. The summed E-state index contributed by atoms with van der Waals surface area (Å²) >= 11 is 0.934. The van der Waals surface area contributed by atoms with Crippen LogP contribution in [-0.2, 0) is 26.0 Å². The number of carbonyl (C=O) groups excluding carboxylic acids is 1. The molecule has 7 nitrogen and oxygen atoms in total. The number of hydrogen-bond acceptors (Lipinski definition) is 6. The largest absolute Gasteiger partial charge is 0.480 e. The summed E-state index contributed by atoms with van der Waals surface area (Å²) in [6, 6.07) is 7.31. The average Bonchev–Trinajstić information content (AvgIpc) is 2.96. The molecule has 0 saturated carbocycles. The van der Waals surface area contributed by atoms with Gasteiger partial charge in [0.05, 0.1) is 7.11 Å². The van der Waals surface area contributed by atoms with Crippen LogP contribution in [0.5, 0.6) is 0 Å². The van der Waals surface area contributed by atoms with Crippen molar-refractivity contribution in [1.82, 2.24) is 4.72 Å². The van der Waals surface area contributed by atoms with E-state index in [1.54, 1.807) is 30.3 Å². The minimum Gasteiger partial charge on any atom is -0.480 e. The Hall–Kier alpha value is -2.23. The molecule has 0 aliphatic heterocycles. The van der Waals surface area contributed by atoms with Crippen LogP contribution in [0.4, 0.5) is 0 Å². The minimum atomic E-state index is -4.22. The molecule has 0 fully saturated rings. The van der Waals surface area contributed by atoms with Gasteiger partial charge in [-0.15, -0.1) is 11.3 Å². The van der Waals surface area contributed by atoms with E-state index < -0.39 is 28.0 Å². The molecule has 2 aromatic rings. The van der Waals surface area contributed by atoms with Crippen molar-refractivity contribution in [2.45, 2.75) is 24.3 Å². The van der Waals surface area contributed by atoms with Gasteiger partial charge in [0.2, 0.25) is 10.0 Å². The maximum absolute atomic E-state index is 12.7. The Morgan fingerprint density at radius 3 is 2.48 bits per heavy atom. The van der Waals surface area contributed by atoms with E-state index in [9.17, 15) is 23.1 Å². The number of carboxylic acid groups (broad SMARTS) is 1. The number of aryl methyl sites for hydroxylation is 1. The van der Waals surface area contributed by atoms with Crippen LogP contribution < -0.4 is 4.72 Å². The summed E-state index contributed by atoms with van der Waals surface area (Å²) in [5.74, 6) is -2.09. The van der Waals surface area contributed by atoms with Crippen LogP contribution in [0.15, 0.2) is 40.6 Å². The Bertz CT molecular complexity index is 873. The van der Waals surface area contributed by atoms with Crippen molar-refractivity contribution in [2.24, 2.45) is 0 Å². The van der Waals surface area contributed by atoms with Gasteiger partial charge in [-0.1, -0.05) is 30.3 Å². The number of carboxylic acids is 1. The molecular weight excluding hydrogens is 366 g/mol. The van der Waals surface area contributed by atoms with Crippen LogP contribution in [-0.4, -0.2) is 38.6 Å². The lowest BCUT2D eigenvalue weighted by Gasteiger charge is -2.15. The van der Waals surface area contributed by atoms with E-state index in [1.807, 2.05) is 0 Å². The van der Waals surface area contributed by atoms with E-state index in [-0.39, 0.29) is 16.2 Å². The van der Waals surface area contributed by atoms with Gasteiger partial charge in [0.25, 0.3) is 0 Å². The zero-order valence-electron chi connectivity index (χ0n) is 13.6. The number of nitrogens with one attached hydrogen (secondary N) is 1. The molecule has 9 heteroatoms. The highest BCUT2D eigenvalue weighted by Crippen LogP contribution is 2.27. The van der Waals surface area contributed by atoms with Gasteiger partial charge in [-0.05, 0) is 29.9 Å². The number of ether oxygens (including phenoxy) is 1. The average molecular weight is 383 g/mol. The maximum atomic E-state index is 12.7. The highest BCUT2D eigenvalue weighted by atomic mass is 32.2. The smallest absolute Gasteiger partial charge is 0.349 e. The van der Waals surface area contributed by atoms with Gasteiger partial charge in [0.15, 0.2) is 0 Å². The fraction of sp³-hybridized carbons (Fsp3) is 0.250.